The van der Waals surface area contributed by atoms with Gasteiger partial charge in [0.25, 0.3) is 0 Å². The molecule has 0 saturated carbocycles. The smallest absolute Gasteiger partial charge is 0.0981 e. The average Bonchev–Trinajstić information content (AvgIpc) is 3.15. The lowest BCUT2D eigenvalue weighted by molar-refractivity contribution is 0.264. The van der Waals surface area contributed by atoms with E-state index in [-0.39, 0.29) is 20.0 Å². The Kier molecular flexibility index (Phi) is 6.65. The third kappa shape index (κ3) is 4.18. The predicted octanol–water partition coefficient (Wildman–Crippen LogP) is 5.33. The Bertz CT molecular complexity index is 969. The van der Waals surface area contributed by atoms with Gasteiger partial charge in [0.1, 0.15) is 0 Å². The van der Waals surface area contributed by atoms with Gasteiger partial charge in [-0.1, -0.05) is 49.9 Å². The van der Waals surface area contributed by atoms with Crippen LogP contribution in [0.25, 0.3) is 11.1 Å². The van der Waals surface area contributed by atoms with Crippen LogP contribution in [0.2, 0.25) is 0 Å². The van der Waals surface area contributed by atoms with Gasteiger partial charge in [-0.2, -0.15) is 0 Å². The molecule has 3 aromatic rings. The molecule has 0 bridgehead atoms. The first-order valence-corrected chi connectivity index (χ1v) is 10.3. The SMILES string of the molecule is C.CSC1=NCc2ccc(-c3cncc(C[C@@H](CO)c4ccccc4)c3)cc21. The van der Waals surface area contributed by atoms with Gasteiger partial charge in [-0.25, -0.2) is 0 Å². The molecule has 0 fully saturated rings. The fourth-order valence-corrected chi connectivity index (χ4v) is 4.17. The molecule has 0 aliphatic carbocycles. The fourth-order valence-electron chi connectivity index (χ4n) is 3.56. The first-order chi connectivity index (χ1) is 13.3. The molecule has 0 saturated heterocycles. The number of nitrogens with zero attached hydrogens (tertiary/aromatic N) is 2. The van der Waals surface area contributed by atoms with Gasteiger partial charge in [0.05, 0.1) is 18.2 Å². The van der Waals surface area contributed by atoms with E-state index >= 15 is 0 Å². The molecule has 1 aliphatic rings. The zero-order valence-electron chi connectivity index (χ0n) is 15.3. The Morgan fingerprint density at radius 2 is 1.86 bits per heavy atom. The molecule has 1 N–H and O–H groups in total. The maximum atomic E-state index is 9.85. The number of fused-ring (bicyclic) bond motifs is 1. The summed E-state index contributed by atoms with van der Waals surface area (Å²) in [5.74, 6) is 0.0819. The van der Waals surface area contributed by atoms with Crippen molar-refractivity contribution in [2.45, 2.75) is 26.3 Å². The van der Waals surface area contributed by atoms with Crippen molar-refractivity contribution in [3.05, 3.63) is 89.2 Å². The van der Waals surface area contributed by atoms with Crippen LogP contribution in [0.5, 0.6) is 0 Å². The summed E-state index contributed by atoms with van der Waals surface area (Å²) in [4.78, 5) is 9.05. The third-order valence-electron chi connectivity index (χ3n) is 5.03. The number of aliphatic imine (C=N–C) groups is 1. The predicted molar refractivity (Wildman–Crippen MR) is 120 cm³/mol. The quantitative estimate of drug-likeness (QED) is 0.641. The Morgan fingerprint density at radius 1 is 1.04 bits per heavy atom. The van der Waals surface area contributed by atoms with E-state index in [1.165, 1.54) is 11.1 Å². The molecule has 2 heterocycles. The van der Waals surface area contributed by atoms with Crippen LogP contribution in [0.3, 0.4) is 0 Å². The molecule has 0 unspecified atom stereocenters. The molecule has 4 heteroatoms. The maximum absolute atomic E-state index is 9.85. The number of rotatable bonds is 5. The van der Waals surface area contributed by atoms with Crippen LogP contribution in [-0.2, 0) is 13.0 Å². The first kappa shape index (κ1) is 20.3. The number of hydrogen-bond acceptors (Lipinski definition) is 4. The minimum absolute atomic E-state index is 0. The van der Waals surface area contributed by atoms with E-state index in [0.29, 0.717) is 0 Å². The van der Waals surface area contributed by atoms with Crippen molar-refractivity contribution in [3.8, 4) is 11.1 Å². The van der Waals surface area contributed by atoms with Gasteiger partial charge < -0.3 is 5.11 Å². The summed E-state index contributed by atoms with van der Waals surface area (Å²) in [6.07, 6.45) is 6.65. The Balaban J connectivity index is 0.00000225. The van der Waals surface area contributed by atoms with Gasteiger partial charge in [0.2, 0.25) is 0 Å². The molecule has 0 amide bonds. The number of pyridine rings is 1. The molecule has 0 radical (unpaired) electrons. The topological polar surface area (TPSA) is 45.5 Å². The second kappa shape index (κ2) is 9.18. The zero-order chi connectivity index (χ0) is 18.6. The summed E-state index contributed by atoms with van der Waals surface area (Å²) in [6, 6.07) is 18.9. The summed E-state index contributed by atoms with van der Waals surface area (Å²) in [6.45, 7) is 0.903. The highest BCUT2D eigenvalue weighted by molar-refractivity contribution is 8.13. The minimum atomic E-state index is 0. The molecular formula is C24H26N2OS. The van der Waals surface area contributed by atoms with Gasteiger partial charge >= 0.3 is 0 Å². The van der Waals surface area contributed by atoms with Crippen LogP contribution < -0.4 is 0 Å². The van der Waals surface area contributed by atoms with E-state index in [2.05, 4.69) is 52.6 Å². The summed E-state index contributed by atoms with van der Waals surface area (Å²) < 4.78 is 0. The van der Waals surface area contributed by atoms with Gasteiger partial charge in [0.15, 0.2) is 0 Å². The largest absolute Gasteiger partial charge is 0.396 e. The lowest BCUT2D eigenvalue weighted by Gasteiger charge is -2.15. The van der Waals surface area contributed by atoms with E-state index in [4.69, 9.17) is 0 Å². The van der Waals surface area contributed by atoms with Crippen LogP contribution in [-0.4, -0.2) is 28.0 Å². The molecule has 2 aromatic carbocycles. The normalized spacial score (nSPS) is 13.4. The van der Waals surface area contributed by atoms with Crippen LogP contribution in [0.4, 0.5) is 0 Å². The number of aliphatic hydroxyl groups is 1. The maximum Gasteiger partial charge on any atom is 0.0981 e. The summed E-state index contributed by atoms with van der Waals surface area (Å²) >= 11 is 1.70. The highest BCUT2D eigenvalue weighted by Gasteiger charge is 2.16. The first-order valence-electron chi connectivity index (χ1n) is 9.10. The Morgan fingerprint density at radius 3 is 2.61 bits per heavy atom. The number of aliphatic hydroxyl groups excluding tert-OH is 1. The second-order valence-electron chi connectivity index (χ2n) is 6.77. The van der Waals surface area contributed by atoms with Gasteiger partial charge in [-0.05, 0) is 47.1 Å². The lowest BCUT2D eigenvalue weighted by atomic mass is 9.92. The standard InChI is InChI=1S/C23H22N2OS.CH4/c1-27-23-22-11-18(7-8-19(22)14-25-23)20-9-16(12-24-13-20)10-21(15-26)17-5-3-2-4-6-17;/h2-9,11-13,21,26H,10,14-15H2,1H3;1H4/t21-;/m0./s1. The third-order valence-corrected chi connectivity index (χ3v) is 5.76. The monoisotopic (exact) mass is 390 g/mol. The minimum Gasteiger partial charge on any atom is -0.396 e. The van der Waals surface area contributed by atoms with E-state index in [1.54, 1.807) is 11.8 Å². The molecule has 28 heavy (non-hydrogen) atoms. The number of aromatic nitrogens is 1. The van der Waals surface area contributed by atoms with Crippen molar-refractivity contribution >= 4 is 16.8 Å². The fraction of sp³-hybridized carbons (Fsp3) is 0.250. The molecular weight excluding hydrogens is 364 g/mol. The highest BCUT2D eigenvalue weighted by Crippen LogP contribution is 2.30. The van der Waals surface area contributed by atoms with Crippen LogP contribution >= 0.6 is 11.8 Å². The lowest BCUT2D eigenvalue weighted by Crippen LogP contribution is -2.08. The Hall–Kier alpha value is -2.43. The van der Waals surface area contributed by atoms with E-state index < -0.39 is 0 Å². The van der Waals surface area contributed by atoms with Crippen LogP contribution in [0.15, 0.2) is 72.0 Å². The molecule has 3 nitrogen and oxygen atoms in total. The van der Waals surface area contributed by atoms with Gasteiger partial charge in [-0.15, -0.1) is 11.8 Å². The van der Waals surface area contributed by atoms with Crippen molar-refractivity contribution < 1.29 is 5.11 Å². The molecule has 1 aromatic heterocycles. The van der Waals surface area contributed by atoms with Crippen molar-refractivity contribution in [2.24, 2.45) is 4.99 Å². The molecule has 0 spiro atoms. The zero-order valence-corrected chi connectivity index (χ0v) is 16.1. The Labute approximate surface area is 171 Å². The highest BCUT2D eigenvalue weighted by atomic mass is 32.2. The second-order valence-corrected chi connectivity index (χ2v) is 7.57. The molecule has 144 valence electrons. The van der Waals surface area contributed by atoms with Crippen molar-refractivity contribution in [1.29, 1.82) is 0 Å². The van der Waals surface area contributed by atoms with Crippen molar-refractivity contribution in [2.75, 3.05) is 12.9 Å². The summed E-state index contributed by atoms with van der Waals surface area (Å²) in [5, 5.41) is 11.0. The number of hydrogen-bond donors (Lipinski definition) is 1. The van der Waals surface area contributed by atoms with Gasteiger partial charge in [0, 0.05) is 29.4 Å². The number of thioether (sulfide) groups is 1. The van der Waals surface area contributed by atoms with Crippen LogP contribution in [0, 0.1) is 0 Å². The average molecular weight is 391 g/mol. The van der Waals surface area contributed by atoms with Gasteiger partial charge in [-0.3, -0.25) is 9.98 Å². The van der Waals surface area contributed by atoms with E-state index in [1.807, 2.05) is 30.6 Å². The molecule has 4 rings (SSSR count). The van der Waals surface area contributed by atoms with E-state index in [0.717, 1.165) is 40.3 Å². The van der Waals surface area contributed by atoms with Crippen molar-refractivity contribution in [1.82, 2.24) is 4.98 Å². The summed E-state index contributed by atoms with van der Waals surface area (Å²) in [7, 11) is 0. The van der Waals surface area contributed by atoms with Crippen LogP contribution in [0.1, 0.15) is 35.6 Å². The molecule has 1 atom stereocenters. The van der Waals surface area contributed by atoms with E-state index in [9.17, 15) is 5.11 Å². The number of benzene rings is 2. The molecule has 1 aliphatic heterocycles. The van der Waals surface area contributed by atoms with Crippen molar-refractivity contribution in [3.63, 3.8) is 0 Å². The summed E-state index contributed by atoms with van der Waals surface area (Å²) in [5.41, 5.74) is 7.08.